The van der Waals surface area contributed by atoms with Crippen LogP contribution >= 0.6 is 0 Å². The highest BCUT2D eigenvalue weighted by molar-refractivity contribution is 7.10. The molecule has 264 valence electrons. The molecule has 2 aliphatic carbocycles. The van der Waals surface area contributed by atoms with E-state index in [4.69, 9.17) is 0 Å². The molecule has 0 radical (unpaired) electrons. The average Bonchev–Trinajstić information content (AvgIpc) is 3.76. The molecule has 6 aromatic rings. The highest BCUT2D eigenvalue weighted by atomic mass is 28.3. The van der Waals surface area contributed by atoms with Gasteiger partial charge in [0.15, 0.2) is 0 Å². The van der Waals surface area contributed by atoms with Crippen molar-refractivity contribution >= 4 is 29.6 Å². The lowest BCUT2D eigenvalue weighted by Gasteiger charge is -2.33. The van der Waals surface area contributed by atoms with Crippen LogP contribution in [0.15, 0.2) is 146 Å². The van der Waals surface area contributed by atoms with Gasteiger partial charge >= 0.3 is 0 Å². The smallest absolute Gasteiger partial charge is 0.0622 e. The lowest BCUT2D eigenvalue weighted by Crippen LogP contribution is -2.31. The van der Waals surface area contributed by atoms with Crippen molar-refractivity contribution in [1.29, 1.82) is 0 Å². The predicted molar refractivity (Wildman–Crippen MR) is 233 cm³/mol. The van der Waals surface area contributed by atoms with Gasteiger partial charge < -0.3 is 0 Å². The molecule has 0 aromatic heterocycles. The molecule has 8 rings (SSSR count). The molecule has 0 nitrogen and oxygen atoms in total. The zero-order valence-electron chi connectivity index (χ0n) is 32.8. The van der Waals surface area contributed by atoms with Crippen LogP contribution in [-0.4, -0.2) is 8.07 Å². The molecule has 1 heteroatoms. The first-order valence-corrected chi connectivity index (χ1v) is 22.4. The first-order valence-electron chi connectivity index (χ1n) is 19.4. The number of fused-ring (bicyclic) bond motifs is 2. The molecular formula is C52H52Si. The summed E-state index contributed by atoms with van der Waals surface area (Å²) in [6.45, 7) is 19.1. The van der Waals surface area contributed by atoms with E-state index in [0.717, 1.165) is 12.8 Å². The van der Waals surface area contributed by atoms with E-state index in [1.807, 2.05) is 0 Å². The molecule has 6 aromatic carbocycles. The summed E-state index contributed by atoms with van der Waals surface area (Å²) in [4.78, 5) is 0. The summed E-state index contributed by atoms with van der Waals surface area (Å²) in [5.41, 5.74) is 19.8. The van der Waals surface area contributed by atoms with E-state index in [1.165, 1.54) is 77.9 Å². The van der Waals surface area contributed by atoms with Gasteiger partial charge in [-0.1, -0.05) is 200 Å². The zero-order valence-corrected chi connectivity index (χ0v) is 33.8. The monoisotopic (exact) mass is 704 g/mol. The van der Waals surface area contributed by atoms with Crippen molar-refractivity contribution in [2.45, 2.75) is 78.3 Å². The van der Waals surface area contributed by atoms with E-state index >= 15 is 0 Å². The van der Waals surface area contributed by atoms with Gasteiger partial charge in [0, 0.05) is 0 Å². The number of allylic oxidation sites excluding steroid dienone is 2. The topological polar surface area (TPSA) is 0 Å². The minimum absolute atomic E-state index is 0.110. The van der Waals surface area contributed by atoms with Crippen LogP contribution in [0.1, 0.15) is 86.1 Å². The Kier molecular flexibility index (Phi) is 8.70. The van der Waals surface area contributed by atoms with Crippen LogP contribution in [0.4, 0.5) is 0 Å². The normalized spacial score (nSPS) is 14.5. The first kappa shape index (κ1) is 35.1. The summed E-state index contributed by atoms with van der Waals surface area (Å²) in [5.74, 6) is 0. The van der Waals surface area contributed by atoms with Crippen LogP contribution in [0.2, 0.25) is 13.1 Å². The zero-order chi connectivity index (χ0) is 37.1. The van der Waals surface area contributed by atoms with Gasteiger partial charge in [-0.25, -0.2) is 0 Å². The number of hydrogen-bond acceptors (Lipinski definition) is 0. The van der Waals surface area contributed by atoms with Crippen LogP contribution in [0.25, 0.3) is 43.8 Å². The van der Waals surface area contributed by atoms with Crippen LogP contribution in [-0.2, 0) is 23.7 Å². The van der Waals surface area contributed by atoms with Crippen molar-refractivity contribution in [1.82, 2.24) is 0 Å². The Hall–Kier alpha value is -4.98. The Balaban J connectivity index is 1.40. The minimum Gasteiger partial charge on any atom is -0.0622 e. The maximum absolute atomic E-state index is 2.65. The van der Waals surface area contributed by atoms with Crippen molar-refractivity contribution in [2.75, 3.05) is 0 Å². The van der Waals surface area contributed by atoms with E-state index in [1.54, 1.807) is 10.4 Å². The largest absolute Gasteiger partial charge is 0.114 e. The van der Waals surface area contributed by atoms with Crippen molar-refractivity contribution in [3.05, 3.63) is 190 Å². The molecule has 0 unspecified atom stereocenters. The van der Waals surface area contributed by atoms with E-state index in [0.29, 0.717) is 0 Å². The second-order valence-corrected chi connectivity index (χ2v) is 22.0. The molecular weight excluding hydrogens is 653 g/mol. The Morgan fingerprint density at radius 2 is 0.736 bits per heavy atom. The first-order chi connectivity index (χ1) is 25.3. The van der Waals surface area contributed by atoms with Gasteiger partial charge in [0.05, 0.1) is 0 Å². The summed E-state index contributed by atoms with van der Waals surface area (Å²) >= 11 is 0. The highest BCUT2D eigenvalue weighted by Crippen LogP contribution is 2.55. The van der Waals surface area contributed by atoms with Crippen LogP contribution in [0.5, 0.6) is 0 Å². The summed E-state index contributed by atoms with van der Waals surface area (Å²) in [6, 6.07) is 55.4. The Morgan fingerprint density at radius 3 is 1.08 bits per heavy atom. The van der Waals surface area contributed by atoms with Crippen LogP contribution < -0.4 is 0 Å². The second-order valence-electron chi connectivity index (χ2n) is 17.8. The standard InChI is InChI=1S/C52H52Si/c1-51(2,3)41-29-25-37(26-30-41)43-23-15-21-39-33-45(35-17-11-9-12-18-35)49(47(39)43)53(7,8)50-46(36-19-13-10-14-20-36)34-40-22-16-24-44(48(40)50)38-27-31-42(32-28-38)52(4,5)6/h9-32H,33-34H2,1-8H3. The molecule has 0 atom stereocenters. The lowest BCUT2D eigenvalue weighted by atomic mass is 9.86. The fraction of sp³-hybridized carbons (Fsp3) is 0.231. The Morgan fingerprint density at radius 1 is 0.377 bits per heavy atom. The van der Waals surface area contributed by atoms with Gasteiger partial charge in [0.25, 0.3) is 0 Å². The van der Waals surface area contributed by atoms with Crippen molar-refractivity contribution < 1.29 is 0 Å². The minimum atomic E-state index is -2.48. The van der Waals surface area contributed by atoms with Gasteiger partial charge in [-0.05, 0) is 112 Å². The Labute approximate surface area is 319 Å². The summed E-state index contributed by atoms with van der Waals surface area (Å²) < 4.78 is 0. The van der Waals surface area contributed by atoms with Gasteiger partial charge in [-0.2, -0.15) is 0 Å². The van der Waals surface area contributed by atoms with E-state index < -0.39 is 8.07 Å². The molecule has 0 amide bonds. The fourth-order valence-corrected chi connectivity index (χ4v) is 13.1. The third kappa shape index (κ3) is 6.30. The quantitative estimate of drug-likeness (QED) is 0.151. The molecule has 2 aliphatic rings. The van der Waals surface area contributed by atoms with E-state index in [9.17, 15) is 0 Å². The van der Waals surface area contributed by atoms with Gasteiger partial charge in [-0.15, -0.1) is 0 Å². The van der Waals surface area contributed by atoms with Crippen LogP contribution in [0.3, 0.4) is 0 Å². The lowest BCUT2D eigenvalue weighted by molar-refractivity contribution is 0.590. The van der Waals surface area contributed by atoms with Crippen molar-refractivity contribution in [2.24, 2.45) is 0 Å². The number of hydrogen-bond donors (Lipinski definition) is 0. The molecule has 0 saturated heterocycles. The third-order valence-corrected chi connectivity index (χ3v) is 15.4. The molecule has 53 heavy (non-hydrogen) atoms. The second kappa shape index (κ2) is 13.1. The predicted octanol–water partition coefficient (Wildman–Crippen LogP) is 14.0. The molecule has 0 aliphatic heterocycles. The fourth-order valence-electron chi connectivity index (χ4n) is 9.00. The van der Waals surface area contributed by atoms with E-state index in [2.05, 4.69) is 200 Å². The van der Waals surface area contributed by atoms with Crippen molar-refractivity contribution in [3.63, 3.8) is 0 Å². The molecule has 0 spiro atoms. The summed E-state index contributed by atoms with van der Waals surface area (Å²) in [6.07, 6.45) is 1.91. The summed E-state index contributed by atoms with van der Waals surface area (Å²) in [7, 11) is -2.48. The number of rotatable bonds is 6. The third-order valence-electron chi connectivity index (χ3n) is 11.8. The number of benzene rings is 6. The molecule has 0 heterocycles. The van der Waals surface area contributed by atoms with Gasteiger partial charge in [0.2, 0.25) is 0 Å². The average molecular weight is 705 g/mol. The Bertz CT molecular complexity index is 2200. The SMILES string of the molecule is CC(C)(C)c1ccc(-c2cccc3c2C([Si](C)(C)C2=C(c4ccccc4)Cc4cccc(-c5ccc(C(C)(C)C)cc5)c42)=C(c2ccccc2)C3)cc1. The van der Waals surface area contributed by atoms with Crippen molar-refractivity contribution in [3.8, 4) is 22.3 Å². The van der Waals surface area contributed by atoms with Gasteiger partial charge in [0.1, 0.15) is 8.07 Å². The molecule has 0 bridgehead atoms. The van der Waals surface area contributed by atoms with E-state index in [-0.39, 0.29) is 10.8 Å². The summed E-state index contributed by atoms with van der Waals surface area (Å²) in [5, 5.41) is 3.17. The molecule has 0 saturated carbocycles. The van der Waals surface area contributed by atoms with Crippen LogP contribution in [0, 0.1) is 0 Å². The van der Waals surface area contributed by atoms with Gasteiger partial charge in [-0.3, -0.25) is 0 Å². The molecule has 0 N–H and O–H groups in total. The highest BCUT2D eigenvalue weighted by Gasteiger charge is 2.44. The molecule has 0 fully saturated rings. The maximum atomic E-state index is 2.65. The maximum Gasteiger partial charge on any atom is 0.114 e.